The molecule has 0 amide bonds. The summed E-state index contributed by atoms with van der Waals surface area (Å²) >= 11 is 0. The zero-order chi connectivity index (χ0) is 15.4. The van der Waals surface area contributed by atoms with E-state index < -0.39 is 5.97 Å². The summed E-state index contributed by atoms with van der Waals surface area (Å²) < 4.78 is 5.19. The third-order valence-corrected chi connectivity index (χ3v) is 3.35. The summed E-state index contributed by atoms with van der Waals surface area (Å²) in [4.78, 5) is 15.0. The van der Waals surface area contributed by atoms with Gasteiger partial charge in [0.15, 0.2) is 0 Å². The van der Waals surface area contributed by atoms with Gasteiger partial charge in [0.05, 0.1) is 0 Å². The van der Waals surface area contributed by atoms with E-state index >= 15 is 0 Å². The highest BCUT2D eigenvalue weighted by molar-refractivity contribution is 5.67. The molecule has 0 spiro atoms. The van der Waals surface area contributed by atoms with E-state index in [-0.39, 0.29) is 12.3 Å². The topological polar surface area (TPSA) is 76.2 Å². The first-order valence-electron chi connectivity index (χ1n) is 7.10. The normalized spacial score (nSPS) is 12.6. The van der Waals surface area contributed by atoms with E-state index in [9.17, 15) is 4.79 Å². The molecule has 21 heavy (non-hydrogen) atoms. The Morgan fingerprint density at radius 3 is 2.48 bits per heavy atom. The van der Waals surface area contributed by atoms with Gasteiger partial charge in [-0.05, 0) is 17.4 Å². The standard InChI is InChI=1S/C16H20N2O3/c1-10(2)12-4-6-13(7-5-12)16-17-14(21-18-16)8-11(3)9-15(19)20/h4-7,10-11H,8-9H2,1-3H3,(H,19,20). The summed E-state index contributed by atoms with van der Waals surface area (Å²) in [5, 5.41) is 12.7. The molecule has 0 bridgehead atoms. The Balaban J connectivity index is 2.07. The molecule has 1 aromatic carbocycles. The molecule has 2 aromatic rings. The van der Waals surface area contributed by atoms with Crippen molar-refractivity contribution in [3.8, 4) is 11.4 Å². The maximum atomic E-state index is 10.6. The molecule has 5 heteroatoms. The van der Waals surface area contributed by atoms with Gasteiger partial charge in [0.1, 0.15) is 0 Å². The van der Waals surface area contributed by atoms with Crippen LogP contribution in [0.25, 0.3) is 11.4 Å². The van der Waals surface area contributed by atoms with Crippen molar-refractivity contribution in [2.75, 3.05) is 0 Å². The predicted octanol–water partition coefficient (Wildman–Crippen LogP) is 3.51. The van der Waals surface area contributed by atoms with Crippen LogP contribution in [0.4, 0.5) is 0 Å². The fraction of sp³-hybridized carbons (Fsp3) is 0.438. The van der Waals surface area contributed by atoms with Crippen LogP contribution in [0.3, 0.4) is 0 Å². The highest BCUT2D eigenvalue weighted by Gasteiger charge is 2.14. The first kappa shape index (κ1) is 15.2. The lowest BCUT2D eigenvalue weighted by Gasteiger charge is -2.04. The minimum atomic E-state index is -0.813. The molecule has 1 unspecified atom stereocenters. The molecule has 2 rings (SSSR count). The van der Waals surface area contributed by atoms with Crippen LogP contribution in [0.15, 0.2) is 28.8 Å². The molecule has 1 aromatic heterocycles. The van der Waals surface area contributed by atoms with Crippen molar-refractivity contribution >= 4 is 5.97 Å². The van der Waals surface area contributed by atoms with Gasteiger partial charge in [-0.2, -0.15) is 4.98 Å². The fourth-order valence-electron chi connectivity index (χ4n) is 2.14. The largest absolute Gasteiger partial charge is 0.481 e. The second-order valence-corrected chi connectivity index (χ2v) is 5.70. The van der Waals surface area contributed by atoms with Crippen molar-refractivity contribution in [2.45, 2.75) is 39.5 Å². The number of aromatic nitrogens is 2. The number of carboxylic acid groups (broad SMARTS) is 1. The van der Waals surface area contributed by atoms with Crippen LogP contribution in [0.5, 0.6) is 0 Å². The highest BCUT2D eigenvalue weighted by Crippen LogP contribution is 2.21. The van der Waals surface area contributed by atoms with Gasteiger partial charge in [0.25, 0.3) is 0 Å². The smallest absolute Gasteiger partial charge is 0.303 e. The summed E-state index contributed by atoms with van der Waals surface area (Å²) in [6, 6.07) is 8.07. The number of rotatable bonds is 6. The predicted molar refractivity (Wildman–Crippen MR) is 78.9 cm³/mol. The number of hydrogen-bond acceptors (Lipinski definition) is 4. The molecule has 0 aliphatic rings. The van der Waals surface area contributed by atoms with Gasteiger partial charge >= 0.3 is 5.97 Å². The second kappa shape index (κ2) is 6.52. The molecule has 5 nitrogen and oxygen atoms in total. The molecular formula is C16H20N2O3. The van der Waals surface area contributed by atoms with Crippen LogP contribution in [0, 0.1) is 5.92 Å². The van der Waals surface area contributed by atoms with E-state index in [1.54, 1.807) is 0 Å². The van der Waals surface area contributed by atoms with Gasteiger partial charge in [-0.25, -0.2) is 0 Å². The van der Waals surface area contributed by atoms with Crippen LogP contribution in [-0.4, -0.2) is 21.2 Å². The third kappa shape index (κ3) is 4.15. The van der Waals surface area contributed by atoms with E-state index in [2.05, 4.69) is 36.1 Å². The van der Waals surface area contributed by atoms with Crippen LogP contribution in [0.1, 0.15) is 44.6 Å². The van der Waals surface area contributed by atoms with Gasteiger partial charge in [0.2, 0.25) is 11.7 Å². The third-order valence-electron chi connectivity index (χ3n) is 3.35. The van der Waals surface area contributed by atoms with Crippen LogP contribution >= 0.6 is 0 Å². The van der Waals surface area contributed by atoms with Gasteiger partial charge in [0, 0.05) is 18.4 Å². The van der Waals surface area contributed by atoms with E-state index in [0.29, 0.717) is 24.1 Å². The Morgan fingerprint density at radius 1 is 1.24 bits per heavy atom. The van der Waals surface area contributed by atoms with Crippen molar-refractivity contribution in [3.63, 3.8) is 0 Å². The summed E-state index contributed by atoms with van der Waals surface area (Å²) in [6.07, 6.45) is 0.574. The number of nitrogens with zero attached hydrogens (tertiary/aromatic N) is 2. The molecule has 112 valence electrons. The van der Waals surface area contributed by atoms with E-state index in [1.807, 2.05) is 19.1 Å². The Labute approximate surface area is 124 Å². The number of carbonyl (C=O) groups is 1. The average molecular weight is 288 g/mol. The van der Waals surface area contributed by atoms with Crippen LogP contribution in [0.2, 0.25) is 0 Å². The van der Waals surface area contributed by atoms with Crippen molar-refractivity contribution in [2.24, 2.45) is 5.92 Å². The number of aliphatic carboxylic acids is 1. The molecule has 0 radical (unpaired) electrons. The Hall–Kier alpha value is -2.17. The van der Waals surface area contributed by atoms with E-state index in [1.165, 1.54) is 5.56 Å². The lowest BCUT2D eigenvalue weighted by atomic mass is 10.0. The summed E-state index contributed by atoms with van der Waals surface area (Å²) in [5.74, 6) is 0.664. The minimum Gasteiger partial charge on any atom is -0.481 e. The molecule has 0 aliphatic heterocycles. The first-order chi connectivity index (χ1) is 9.95. The number of benzene rings is 1. The molecule has 0 aliphatic carbocycles. The van der Waals surface area contributed by atoms with Crippen LogP contribution < -0.4 is 0 Å². The lowest BCUT2D eigenvalue weighted by Crippen LogP contribution is -2.07. The average Bonchev–Trinajstić information content (AvgIpc) is 2.86. The Morgan fingerprint density at radius 2 is 1.90 bits per heavy atom. The van der Waals surface area contributed by atoms with E-state index in [0.717, 1.165) is 5.56 Å². The molecule has 0 saturated heterocycles. The fourth-order valence-corrected chi connectivity index (χ4v) is 2.14. The maximum Gasteiger partial charge on any atom is 0.303 e. The zero-order valence-electron chi connectivity index (χ0n) is 12.5. The Bertz CT molecular complexity index is 602. The Kier molecular flexibility index (Phi) is 4.73. The van der Waals surface area contributed by atoms with Crippen molar-refractivity contribution in [3.05, 3.63) is 35.7 Å². The molecule has 1 N–H and O–H groups in total. The molecule has 0 fully saturated rings. The van der Waals surface area contributed by atoms with Gasteiger partial charge in [-0.1, -0.05) is 50.2 Å². The summed E-state index contributed by atoms with van der Waals surface area (Å²) in [7, 11) is 0. The van der Waals surface area contributed by atoms with E-state index in [4.69, 9.17) is 9.63 Å². The number of hydrogen-bond donors (Lipinski definition) is 1. The van der Waals surface area contributed by atoms with Gasteiger partial charge < -0.3 is 9.63 Å². The van der Waals surface area contributed by atoms with Gasteiger partial charge in [-0.15, -0.1) is 0 Å². The zero-order valence-corrected chi connectivity index (χ0v) is 12.5. The minimum absolute atomic E-state index is 0.0286. The summed E-state index contributed by atoms with van der Waals surface area (Å²) in [5.41, 5.74) is 2.16. The van der Waals surface area contributed by atoms with Crippen LogP contribution in [-0.2, 0) is 11.2 Å². The van der Waals surface area contributed by atoms with Crippen molar-refractivity contribution < 1.29 is 14.4 Å². The quantitative estimate of drug-likeness (QED) is 0.880. The second-order valence-electron chi connectivity index (χ2n) is 5.70. The lowest BCUT2D eigenvalue weighted by molar-refractivity contribution is -0.137. The van der Waals surface area contributed by atoms with Crippen molar-refractivity contribution in [1.29, 1.82) is 0 Å². The number of carboxylic acids is 1. The first-order valence-corrected chi connectivity index (χ1v) is 7.10. The maximum absolute atomic E-state index is 10.6. The van der Waals surface area contributed by atoms with Crippen molar-refractivity contribution in [1.82, 2.24) is 10.1 Å². The molecule has 0 saturated carbocycles. The summed E-state index contributed by atoms with van der Waals surface area (Å²) in [6.45, 7) is 6.14. The SMILES string of the molecule is CC(CC(=O)O)Cc1nc(-c2ccc(C(C)C)cc2)no1. The van der Waals surface area contributed by atoms with Gasteiger partial charge in [-0.3, -0.25) is 4.79 Å². The molecule has 1 atom stereocenters. The molecule has 1 heterocycles. The molecular weight excluding hydrogens is 268 g/mol. The monoisotopic (exact) mass is 288 g/mol. The highest BCUT2D eigenvalue weighted by atomic mass is 16.5.